The highest BCUT2D eigenvalue weighted by Crippen LogP contribution is 2.11. The van der Waals surface area contributed by atoms with Crippen LogP contribution in [0.2, 0.25) is 0 Å². The Balaban J connectivity index is 0.000000640. The summed E-state index contributed by atoms with van der Waals surface area (Å²) in [7, 11) is -3.80. The van der Waals surface area contributed by atoms with Crippen LogP contribution in [0.3, 0.4) is 0 Å². The van der Waals surface area contributed by atoms with Crippen molar-refractivity contribution in [3.05, 3.63) is 18.7 Å². The number of aromatic nitrogens is 2. The summed E-state index contributed by atoms with van der Waals surface area (Å²) in [6.45, 7) is 3.97. The van der Waals surface area contributed by atoms with E-state index in [4.69, 9.17) is 14.5 Å². The van der Waals surface area contributed by atoms with E-state index in [0.717, 1.165) is 25.9 Å². The quantitative estimate of drug-likeness (QED) is 0.406. The molecule has 1 N–H and O–H groups in total. The normalized spacial score (nSPS) is 11.7. The lowest BCUT2D eigenvalue weighted by molar-refractivity contribution is -0.696. The Labute approximate surface area is 138 Å². The lowest BCUT2D eigenvalue weighted by atomic mass is 10.3. The van der Waals surface area contributed by atoms with E-state index in [-0.39, 0.29) is 5.75 Å². The Bertz CT molecular complexity index is 599. The molecule has 0 aliphatic rings. The van der Waals surface area contributed by atoms with Crippen LogP contribution in [0.15, 0.2) is 18.7 Å². The van der Waals surface area contributed by atoms with Crippen LogP contribution in [0.5, 0.6) is 0 Å². The maximum absolute atomic E-state index is 10.5. The molecule has 1 heterocycles. The highest BCUT2D eigenvalue weighted by molar-refractivity contribution is 7.85. The van der Waals surface area contributed by atoms with Crippen molar-refractivity contribution in [3.63, 3.8) is 0 Å². The zero-order valence-electron chi connectivity index (χ0n) is 13.2. The Morgan fingerprint density at radius 2 is 1.88 bits per heavy atom. The number of imidazole rings is 1. The number of nitrogens with zero attached hydrogens (tertiary/aromatic N) is 2. The summed E-state index contributed by atoms with van der Waals surface area (Å²) in [5, 5.41) is 8.78. The Kier molecular flexibility index (Phi) is 9.59. The van der Waals surface area contributed by atoms with Gasteiger partial charge in [0.2, 0.25) is 6.33 Å². The molecule has 0 amide bonds. The molecule has 1 aromatic heterocycles. The second kappa shape index (κ2) is 10.3. The predicted octanol–water partition coefficient (Wildman–Crippen LogP) is 0.542. The molecule has 0 saturated heterocycles. The molecule has 0 atom stereocenters. The van der Waals surface area contributed by atoms with Crippen LogP contribution in [0.25, 0.3) is 0 Å². The molecule has 0 aromatic carbocycles. The molecule has 0 saturated carbocycles. The van der Waals surface area contributed by atoms with Gasteiger partial charge in [-0.1, -0.05) is 13.3 Å². The molecule has 0 spiro atoms. The maximum Gasteiger partial charge on any atom is 0.430 e. The monoisotopic (exact) mass is 374 g/mol. The van der Waals surface area contributed by atoms with E-state index in [1.165, 1.54) is 6.42 Å². The molecule has 0 fully saturated rings. The van der Waals surface area contributed by atoms with Crippen LogP contribution in [-0.2, 0) is 28.0 Å². The van der Waals surface area contributed by atoms with Crippen molar-refractivity contribution in [2.45, 2.75) is 51.9 Å². The third-order valence-electron chi connectivity index (χ3n) is 2.82. The minimum absolute atomic E-state index is 0.149. The molecule has 0 aliphatic heterocycles. The first-order valence-electron chi connectivity index (χ1n) is 7.24. The zero-order chi connectivity index (χ0) is 18.8. The van der Waals surface area contributed by atoms with Gasteiger partial charge in [-0.15, -0.1) is 0 Å². The van der Waals surface area contributed by atoms with E-state index in [9.17, 15) is 21.6 Å². The van der Waals surface area contributed by atoms with Crippen molar-refractivity contribution < 1.29 is 40.6 Å². The van der Waals surface area contributed by atoms with Crippen molar-refractivity contribution in [3.8, 4) is 0 Å². The summed E-state index contributed by atoms with van der Waals surface area (Å²) in [5.74, 6) is -3.16. The number of rotatable bonds is 8. The SMILES string of the molecule is CCCC[n+]1ccn(CCCCS(=O)(=O)O)c1.O=C([O-])C(F)(F)F. The lowest BCUT2D eigenvalue weighted by Crippen LogP contribution is -2.37. The molecule has 7 nitrogen and oxygen atoms in total. The van der Waals surface area contributed by atoms with Crippen LogP contribution in [-0.4, -0.2) is 35.4 Å². The number of carboxylic acids is 1. The van der Waals surface area contributed by atoms with Crippen molar-refractivity contribution in [2.75, 3.05) is 5.75 Å². The first-order chi connectivity index (χ1) is 11.0. The first-order valence-corrected chi connectivity index (χ1v) is 8.84. The van der Waals surface area contributed by atoms with Crippen molar-refractivity contribution >= 4 is 16.1 Å². The van der Waals surface area contributed by atoms with Gasteiger partial charge in [-0.05, 0) is 19.3 Å². The van der Waals surface area contributed by atoms with Gasteiger partial charge in [0.25, 0.3) is 10.1 Å². The Hall–Kier alpha value is -1.62. The predicted molar refractivity (Wildman–Crippen MR) is 76.2 cm³/mol. The van der Waals surface area contributed by atoms with E-state index >= 15 is 0 Å². The third-order valence-corrected chi connectivity index (χ3v) is 3.62. The van der Waals surface area contributed by atoms with Crippen LogP contribution < -0.4 is 9.67 Å². The smallest absolute Gasteiger partial charge is 0.430 e. The number of aliphatic carboxylic acids is 1. The number of halogens is 3. The fourth-order valence-corrected chi connectivity index (χ4v) is 2.19. The summed E-state index contributed by atoms with van der Waals surface area (Å²) in [5.41, 5.74) is 0. The minimum Gasteiger partial charge on any atom is -0.542 e. The number of aryl methyl sites for hydroxylation is 2. The van der Waals surface area contributed by atoms with Crippen LogP contribution in [0.1, 0.15) is 32.6 Å². The average molecular weight is 374 g/mol. The Morgan fingerprint density at radius 1 is 1.29 bits per heavy atom. The van der Waals surface area contributed by atoms with Gasteiger partial charge in [-0.25, -0.2) is 9.13 Å². The molecule has 0 aliphatic carbocycles. The first kappa shape index (κ1) is 22.4. The lowest BCUT2D eigenvalue weighted by Gasteiger charge is -2.03. The molecule has 24 heavy (non-hydrogen) atoms. The number of alkyl halides is 3. The standard InChI is InChI=1S/C11H20N2O3S.C2HF3O2/c1-2-3-6-12-8-9-13(11-12)7-4-5-10-17(14,15)16;3-2(4,5)1(6)7/h8-9,11H,2-7,10H2,1H3;(H,6,7). The minimum atomic E-state index is -5.19. The molecular formula is C13H21F3N2O5S. The average Bonchev–Trinajstić information content (AvgIpc) is 2.88. The molecule has 11 heteroatoms. The van der Waals surface area contributed by atoms with Crippen molar-refractivity contribution in [2.24, 2.45) is 0 Å². The van der Waals surface area contributed by atoms with Gasteiger partial charge >= 0.3 is 6.18 Å². The van der Waals surface area contributed by atoms with Gasteiger partial charge in [0, 0.05) is 0 Å². The molecule has 0 unspecified atom stereocenters. The fraction of sp³-hybridized carbons (Fsp3) is 0.692. The van der Waals surface area contributed by atoms with E-state index in [2.05, 4.69) is 11.5 Å². The molecule has 0 bridgehead atoms. The topological polar surface area (TPSA) is 103 Å². The number of unbranched alkanes of at least 4 members (excludes halogenated alkanes) is 2. The molecular weight excluding hydrogens is 353 g/mol. The molecule has 1 aromatic rings. The third kappa shape index (κ3) is 11.9. The number of carbonyl (C=O) groups is 1. The van der Waals surface area contributed by atoms with Gasteiger partial charge in [0.15, 0.2) is 0 Å². The van der Waals surface area contributed by atoms with Gasteiger partial charge in [-0.3, -0.25) is 4.55 Å². The van der Waals surface area contributed by atoms with Crippen LogP contribution in [0.4, 0.5) is 13.2 Å². The van der Waals surface area contributed by atoms with E-state index in [0.29, 0.717) is 6.42 Å². The number of carboxylic acid groups (broad SMARTS) is 1. The second-order valence-electron chi connectivity index (χ2n) is 5.02. The van der Waals surface area contributed by atoms with Gasteiger partial charge in [0.05, 0.1) is 18.8 Å². The summed E-state index contributed by atoms with van der Waals surface area (Å²) < 4.78 is 65.3. The maximum atomic E-state index is 10.5. The number of carbonyl (C=O) groups excluding carboxylic acids is 1. The van der Waals surface area contributed by atoms with Crippen LogP contribution in [0, 0.1) is 0 Å². The number of hydrogen-bond donors (Lipinski definition) is 1. The van der Waals surface area contributed by atoms with Gasteiger partial charge in [-0.2, -0.15) is 21.6 Å². The van der Waals surface area contributed by atoms with Gasteiger partial charge < -0.3 is 9.90 Å². The van der Waals surface area contributed by atoms with E-state index < -0.39 is 22.3 Å². The highest BCUT2D eigenvalue weighted by Gasteiger charge is 2.28. The second-order valence-corrected chi connectivity index (χ2v) is 6.59. The molecule has 0 radical (unpaired) electrons. The highest BCUT2D eigenvalue weighted by atomic mass is 32.2. The summed E-state index contributed by atoms with van der Waals surface area (Å²) >= 11 is 0. The number of hydrogen-bond acceptors (Lipinski definition) is 4. The molecule has 1 rings (SSSR count). The fourth-order valence-electron chi connectivity index (χ4n) is 1.62. The molecule has 140 valence electrons. The van der Waals surface area contributed by atoms with Crippen molar-refractivity contribution in [1.29, 1.82) is 0 Å². The van der Waals surface area contributed by atoms with Crippen LogP contribution >= 0.6 is 0 Å². The largest absolute Gasteiger partial charge is 0.542 e. The summed E-state index contributed by atoms with van der Waals surface area (Å²) in [6, 6.07) is 0. The summed E-state index contributed by atoms with van der Waals surface area (Å²) in [4.78, 5) is 8.78. The Morgan fingerprint density at radius 3 is 2.33 bits per heavy atom. The zero-order valence-corrected chi connectivity index (χ0v) is 14.0. The summed E-state index contributed by atoms with van der Waals surface area (Å²) in [6.07, 6.45) is 4.43. The van der Waals surface area contributed by atoms with E-state index in [1.54, 1.807) is 0 Å². The van der Waals surface area contributed by atoms with Crippen molar-refractivity contribution in [1.82, 2.24) is 4.57 Å². The van der Waals surface area contributed by atoms with E-state index in [1.807, 2.05) is 23.3 Å². The van der Waals surface area contributed by atoms with Gasteiger partial charge in [0.1, 0.15) is 18.4 Å².